The predicted octanol–water partition coefficient (Wildman–Crippen LogP) is 2.56. The quantitative estimate of drug-likeness (QED) is 0.574. The molecular formula is C24H26N4O4. The number of benzene rings is 1. The molecule has 0 N–H and O–H groups in total. The Morgan fingerprint density at radius 1 is 1.22 bits per heavy atom. The minimum Gasteiger partial charge on any atom is -0.465 e. The van der Waals surface area contributed by atoms with Crippen molar-refractivity contribution in [3.05, 3.63) is 59.8 Å². The summed E-state index contributed by atoms with van der Waals surface area (Å²) in [5.41, 5.74) is 3.68. The second-order valence-electron chi connectivity index (χ2n) is 8.29. The molecule has 1 fully saturated rings. The van der Waals surface area contributed by atoms with Gasteiger partial charge >= 0.3 is 5.97 Å². The van der Waals surface area contributed by atoms with Crippen LogP contribution in [0.1, 0.15) is 41.0 Å². The number of rotatable bonds is 5. The first-order valence-corrected chi connectivity index (χ1v) is 11.0. The molecule has 2 aromatic heterocycles. The fourth-order valence-corrected chi connectivity index (χ4v) is 5.34. The van der Waals surface area contributed by atoms with Gasteiger partial charge in [0, 0.05) is 54.6 Å². The number of fused-ring (bicyclic) bond motifs is 6. The molecule has 8 nitrogen and oxygen atoms in total. The summed E-state index contributed by atoms with van der Waals surface area (Å²) in [5.74, 6) is -0.286. The van der Waals surface area contributed by atoms with Crippen LogP contribution < -0.4 is 0 Å². The third-order valence-corrected chi connectivity index (χ3v) is 6.64. The molecule has 1 saturated heterocycles. The first-order chi connectivity index (χ1) is 15.6. The fourth-order valence-electron chi connectivity index (χ4n) is 5.34. The lowest BCUT2D eigenvalue weighted by Crippen LogP contribution is -2.55. The Morgan fingerprint density at radius 2 is 2.06 bits per heavy atom. The van der Waals surface area contributed by atoms with Crippen LogP contribution in [0.25, 0.3) is 10.9 Å². The van der Waals surface area contributed by atoms with Gasteiger partial charge in [-0.25, -0.2) is 4.98 Å². The van der Waals surface area contributed by atoms with E-state index >= 15 is 0 Å². The fraction of sp³-hybridized carbons (Fsp3) is 0.417. The highest BCUT2D eigenvalue weighted by atomic mass is 16.5. The molecule has 1 aliphatic heterocycles. The summed E-state index contributed by atoms with van der Waals surface area (Å²) in [6, 6.07) is 8.17. The van der Waals surface area contributed by atoms with E-state index in [0.29, 0.717) is 18.8 Å². The number of ether oxygens (including phenoxy) is 2. The molecule has 0 unspecified atom stereocenters. The van der Waals surface area contributed by atoms with E-state index in [0.717, 1.165) is 29.4 Å². The number of nitrogens with zero attached hydrogens (tertiary/aromatic N) is 4. The Bertz CT molecular complexity index is 1160. The molecule has 1 amide bonds. The first kappa shape index (κ1) is 20.6. The molecule has 0 spiro atoms. The number of esters is 1. The Kier molecular flexibility index (Phi) is 5.38. The summed E-state index contributed by atoms with van der Waals surface area (Å²) in [6.07, 6.45) is 5.93. The molecule has 5 rings (SSSR count). The van der Waals surface area contributed by atoms with E-state index in [4.69, 9.17) is 9.47 Å². The normalized spacial score (nSPS) is 21.9. The minimum absolute atomic E-state index is 0.0373. The van der Waals surface area contributed by atoms with E-state index in [2.05, 4.69) is 20.6 Å². The van der Waals surface area contributed by atoms with Gasteiger partial charge in [0.1, 0.15) is 12.2 Å². The molecule has 1 aliphatic carbocycles. The largest absolute Gasteiger partial charge is 0.465 e. The van der Waals surface area contributed by atoms with Gasteiger partial charge in [0.25, 0.3) is 5.91 Å². The second-order valence-corrected chi connectivity index (χ2v) is 8.29. The van der Waals surface area contributed by atoms with E-state index in [1.54, 1.807) is 13.3 Å². The Labute approximate surface area is 186 Å². The monoisotopic (exact) mass is 434 g/mol. The lowest BCUT2D eigenvalue weighted by atomic mass is 9.76. The van der Waals surface area contributed by atoms with E-state index in [1.807, 2.05) is 30.0 Å². The summed E-state index contributed by atoms with van der Waals surface area (Å²) in [6.45, 7) is 2.81. The van der Waals surface area contributed by atoms with Gasteiger partial charge in [0.05, 0.1) is 18.9 Å². The molecule has 0 radical (unpaired) electrons. The summed E-state index contributed by atoms with van der Waals surface area (Å²) >= 11 is 0. The number of likely N-dealkylation sites (tertiary alicyclic amines) is 1. The highest BCUT2D eigenvalue weighted by Crippen LogP contribution is 2.45. The minimum atomic E-state index is -0.248. The maximum absolute atomic E-state index is 13.3. The van der Waals surface area contributed by atoms with E-state index < -0.39 is 0 Å². The van der Waals surface area contributed by atoms with Crippen molar-refractivity contribution in [1.29, 1.82) is 0 Å². The molecule has 1 aromatic carbocycles. The Morgan fingerprint density at radius 3 is 2.81 bits per heavy atom. The van der Waals surface area contributed by atoms with Crippen LogP contribution in [0.15, 0.2) is 42.9 Å². The number of hydrogen-bond donors (Lipinski definition) is 0. The van der Waals surface area contributed by atoms with Gasteiger partial charge in [-0.05, 0) is 31.4 Å². The van der Waals surface area contributed by atoms with Crippen LogP contribution in [-0.4, -0.2) is 63.7 Å². The van der Waals surface area contributed by atoms with Crippen LogP contribution in [0.2, 0.25) is 0 Å². The highest BCUT2D eigenvalue weighted by Gasteiger charge is 2.45. The van der Waals surface area contributed by atoms with Crippen LogP contribution in [0.5, 0.6) is 0 Å². The summed E-state index contributed by atoms with van der Waals surface area (Å²) < 4.78 is 13.2. The molecule has 8 heteroatoms. The molecule has 2 bridgehead atoms. The number of carbonyl (C=O) groups excluding carboxylic acids is 2. The molecule has 0 saturated carbocycles. The van der Waals surface area contributed by atoms with Gasteiger partial charge in [-0.1, -0.05) is 18.2 Å². The van der Waals surface area contributed by atoms with Crippen molar-refractivity contribution >= 4 is 22.8 Å². The van der Waals surface area contributed by atoms with E-state index in [1.165, 1.54) is 18.0 Å². The van der Waals surface area contributed by atoms with Crippen LogP contribution in [-0.2, 0) is 27.2 Å². The van der Waals surface area contributed by atoms with Crippen molar-refractivity contribution in [3.8, 4) is 0 Å². The van der Waals surface area contributed by atoms with Crippen LogP contribution in [0.3, 0.4) is 0 Å². The molecule has 3 aromatic rings. The van der Waals surface area contributed by atoms with E-state index in [-0.39, 0.29) is 36.5 Å². The maximum atomic E-state index is 13.3. The molecule has 3 heterocycles. The number of amides is 1. The van der Waals surface area contributed by atoms with Crippen LogP contribution in [0.4, 0.5) is 0 Å². The first-order valence-electron chi connectivity index (χ1n) is 11.0. The Balaban J connectivity index is 1.58. The van der Waals surface area contributed by atoms with Gasteiger partial charge in [-0.15, -0.1) is 0 Å². The van der Waals surface area contributed by atoms with Gasteiger partial charge in [0.2, 0.25) is 0 Å². The summed E-state index contributed by atoms with van der Waals surface area (Å²) in [4.78, 5) is 35.8. The van der Waals surface area contributed by atoms with Crippen molar-refractivity contribution in [3.63, 3.8) is 0 Å². The highest BCUT2D eigenvalue weighted by molar-refractivity contribution is 5.93. The smallest absolute Gasteiger partial charge is 0.325 e. The molecular weight excluding hydrogens is 408 g/mol. The van der Waals surface area contributed by atoms with Crippen molar-refractivity contribution < 1.29 is 19.1 Å². The number of methoxy groups -OCH3 is 1. The molecule has 2 aliphatic rings. The number of carbonyl (C=O) groups is 2. The standard InChI is InChI=1S/C24H26N4O4/c1-3-32-22(29)14-28-20-7-5-4-6-16(20)17-10-15-11-18(23(17)28)21(31-2)13-27(15)24(30)19-12-25-8-9-26-19/h4-9,12,15,18,21H,3,10-11,13-14H2,1-2H3/t15-,18+,21-/m0/s1. The van der Waals surface area contributed by atoms with Crippen molar-refractivity contribution in [2.24, 2.45) is 0 Å². The molecule has 3 atom stereocenters. The van der Waals surface area contributed by atoms with Gasteiger partial charge in [-0.2, -0.15) is 0 Å². The third-order valence-electron chi connectivity index (χ3n) is 6.64. The van der Waals surface area contributed by atoms with Crippen LogP contribution in [0, 0.1) is 0 Å². The summed E-state index contributed by atoms with van der Waals surface area (Å²) in [7, 11) is 1.68. The van der Waals surface area contributed by atoms with Crippen molar-refractivity contribution in [2.75, 3.05) is 20.3 Å². The number of para-hydroxylation sites is 1. The zero-order chi connectivity index (χ0) is 22.2. The lowest BCUT2D eigenvalue weighted by Gasteiger charge is -2.47. The van der Waals surface area contributed by atoms with Gasteiger partial charge in [0.15, 0.2) is 0 Å². The summed E-state index contributed by atoms with van der Waals surface area (Å²) in [5, 5.41) is 1.12. The zero-order valence-corrected chi connectivity index (χ0v) is 18.2. The maximum Gasteiger partial charge on any atom is 0.325 e. The number of hydrogen-bond acceptors (Lipinski definition) is 6. The molecule has 32 heavy (non-hydrogen) atoms. The van der Waals surface area contributed by atoms with Crippen molar-refractivity contribution in [2.45, 2.75) is 44.4 Å². The van der Waals surface area contributed by atoms with Crippen LogP contribution >= 0.6 is 0 Å². The zero-order valence-electron chi connectivity index (χ0n) is 18.2. The number of piperidine rings is 1. The average Bonchev–Trinajstić information content (AvgIpc) is 3.13. The van der Waals surface area contributed by atoms with Gasteiger partial charge in [-0.3, -0.25) is 14.6 Å². The van der Waals surface area contributed by atoms with E-state index in [9.17, 15) is 9.59 Å². The average molecular weight is 434 g/mol. The Hall–Kier alpha value is -3.26. The third kappa shape index (κ3) is 3.35. The SMILES string of the molecule is CCOC(=O)Cn1c2c(c3ccccc31)C[C@H]1C[C@@H]2[C@@H](OC)CN1C(=O)c1cnccn1. The number of aromatic nitrogens is 3. The topological polar surface area (TPSA) is 86.5 Å². The lowest BCUT2D eigenvalue weighted by molar-refractivity contribution is -0.143. The molecule has 166 valence electrons. The van der Waals surface area contributed by atoms with Gasteiger partial charge < -0.3 is 18.9 Å². The predicted molar refractivity (Wildman–Crippen MR) is 117 cm³/mol. The van der Waals surface area contributed by atoms with Crippen molar-refractivity contribution in [1.82, 2.24) is 19.4 Å². The second kappa shape index (κ2) is 8.35.